The van der Waals surface area contributed by atoms with Gasteiger partial charge in [-0.2, -0.15) is 0 Å². The van der Waals surface area contributed by atoms with Gasteiger partial charge in [-0.3, -0.25) is 4.79 Å². The molecule has 4 rings (SSSR count). The highest BCUT2D eigenvalue weighted by Gasteiger charge is 2.28. The third kappa shape index (κ3) is 4.62. The van der Waals surface area contributed by atoms with E-state index in [1.807, 2.05) is 7.05 Å². The van der Waals surface area contributed by atoms with E-state index in [2.05, 4.69) is 19.8 Å². The third-order valence-electron chi connectivity index (χ3n) is 5.97. The molecular weight excluding hydrogens is 438 g/mol. The van der Waals surface area contributed by atoms with E-state index in [1.54, 1.807) is 13.0 Å². The van der Waals surface area contributed by atoms with Gasteiger partial charge in [-0.15, -0.1) is 0 Å². The number of amides is 1. The topological polar surface area (TPSA) is 81.8 Å². The molecule has 1 amide bonds. The molecule has 2 aromatic rings. The summed E-state index contributed by atoms with van der Waals surface area (Å²) in [6, 6.07) is 5.83. The van der Waals surface area contributed by atoms with Crippen molar-refractivity contribution in [2.45, 2.75) is 30.7 Å². The first-order valence-corrected chi connectivity index (χ1v) is 12.0. The van der Waals surface area contributed by atoms with Crippen LogP contribution in [-0.4, -0.2) is 52.5 Å². The molecule has 10 heteroatoms. The summed E-state index contributed by atoms with van der Waals surface area (Å²) < 4.78 is 57.4. The first-order valence-electron chi connectivity index (χ1n) is 10.5. The number of carbonyl (C=O) groups excluding carboxylic acids is 1. The van der Waals surface area contributed by atoms with Crippen molar-refractivity contribution in [3.63, 3.8) is 0 Å². The number of halogens is 2. The monoisotopic (exact) mass is 464 g/mol. The maximum Gasteiger partial charge on any atom is 0.244 e. The van der Waals surface area contributed by atoms with Crippen LogP contribution in [0.4, 0.5) is 20.2 Å². The summed E-state index contributed by atoms with van der Waals surface area (Å²) in [4.78, 5) is 15.3. The van der Waals surface area contributed by atoms with Crippen LogP contribution in [0.1, 0.15) is 30.5 Å². The quantitative estimate of drug-likeness (QED) is 0.711. The number of benzene rings is 2. The molecule has 0 bridgehead atoms. The number of hydrogen-bond acceptors (Lipinski definition) is 5. The largest absolute Gasteiger partial charge is 0.369 e. The van der Waals surface area contributed by atoms with Gasteiger partial charge in [0.25, 0.3) is 0 Å². The van der Waals surface area contributed by atoms with Crippen molar-refractivity contribution in [3.8, 4) is 0 Å². The van der Waals surface area contributed by atoms with Crippen LogP contribution in [0.25, 0.3) is 0 Å². The van der Waals surface area contributed by atoms with Crippen molar-refractivity contribution in [2.24, 2.45) is 0 Å². The van der Waals surface area contributed by atoms with Gasteiger partial charge in [-0.1, -0.05) is 0 Å². The van der Waals surface area contributed by atoms with Crippen LogP contribution < -0.4 is 14.9 Å². The van der Waals surface area contributed by atoms with Gasteiger partial charge in [0.05, 0.1) is 0 Å². The van der Waals surface area contributed by atoms with Gasteiger partial charge in [-0.25, -0.2) is 21.9 Å². The number of hydrogen-bond donors (Lipinski definition) is 2. The Morgan fingerprint density at radius 1 is 1.06 bits per heavy atom. The van der Waals surface area contributed by atoms with Crippen LogP contribution in [0.2, 0.25) is 0 Å². The zero-order chi connectivity index (χ0) is 23.0. The lowest BCUT2D eigenvalue weighted by atomic mass is 10.0. The van der Waals surface area contributed by atoms with Crippen molar-refractivity contribution in [3.05, 3.63) is 53.1 Å². The molecule has 2 aliphatic heterocycles. The average Bonchev–Trinajstić information content (AvgIpc) is 2.73. The lowest BCUT2D eigenvalue weighted by Crippen LogP contribution is -2.45. The normalized spacial score (nSPS) is 18.2. The number of rotatable bonds is 5. The van der Waals surface area contributed by atoms with Crippen LogP contribution in [0, 0.1) is 11.6 Å². The first-order chi connectivity index (χ1) is 15.1. The van der Waals surface area contributed by atoms with Gasteiger partial charge < -0.3 is 15.1 Å². The Morgan fingerprint density at radius 3 is 2.50 bits per heavy atom. The van der Waals surface area contributed by atoms with Crippen molar-refractivity contribution < 1.29 is 22.0 Å². The Morgan fingerprint density at radius 2 is 1.78 bits per heavy atom. The lowest BCUT2D eigenvalue weighted by Gasteiger charge is -2.36. The van der Waals surface area contributed by atoms with E-state index >= 15 is 0 Å². The van der Waals surface area contributed by atoms with Gasteiger partial charge >= 0.3 is 0 Å². The zero-order valence-corrected chi connectivity index (χ0v) is 18.8. The summed E-state index contributed by atoms with van der Waals surface area (Å²) in [5, 5.41) is 2.55. The van der Waals surface area contributed by atoms with Crippen LogP contribution in [0.5, 0.6) is 0 Å². The zero-order valence-electron chi connectivity index (χ0n) is 18.0. The number of carbonyl (C=O) groups is 1. The van der Waals surface area contributed by atoms with Crippen molar-refractivity contribution in [1.29, 1.82) is 0 Å². The molecule has 2 aromatic carbocycles. The Hall–Kier alpha value is -2.56. The standard InChI is InChI=1S/C22H26F2N4O3S/c1-14(17-12-16(23)4-5-20(17)28-9-7-27(2)8-10-28)26-32(30,31)21-11-15-3-6-22(29)25-19(15)13-18(21)24/h4-5,11-14,26H,3,6-10H2,1-2H3,(H,25,29). The average molecular weight is 465 g/mol. The maximum absolute atomic E-state index is 14.7. The number of nitrogens with zero attached hydrogens (tertiary/aromatic N) is 2. The fourth-order valence-electron chi connectivity index (χ4n) is 4.15. The second-order valence-corrected chi connectivity index (χ2v) is 10.0. The fourth-order valence-corrected chi connectivity index (χ4v) is 5.49. The minimum atomic E-state index is -4.24. The molecule has 0 radical (unpaired) electrons. The molecule has 1 saturated heterocycles. The summed E-state index contributed by atoms with van der Waals surface area (Å²) in [5.74, 6) is -1.66. The van der Waals surface area contributed by atoms with Gasteiger partial charge in [0.15, 0.2) is 0 Å². The predicted molar refractivity (Wildman–Crippen MR) is 118 cm³/mol. The highest BCUT2D eigenvalue weighted by molar-refractivity contribution is 7.89. The molecule has 0 spiro atoms. The molecule has 2 aliphatic rings. The lowest BCUT2D eigenvalue weighted by molar-refractivity contribution is -0.116. The van der Waals surface area contributed by atoms with Crippen LogP contribution >= 0.6 is 0 Å². The van der Waals surface area contributed by atoms with Crippen LogP contribution in [0.3, 0.4) is 0 Å². The van der Waals surface area contributed by atoms with Gasteiger partial charge in [0, 0.05) is 50.0 Å². The highest BCUT2D eigenvalue weighted by atomic mass is 32.2. The molecule has 1 fully saturated rings. The molecule has 1 unspecified atom stereocenters. The van der Waals surface area contributed by atoms with Gasteiger partial charge in [0.1, 0.15) is 16.5 Å². The van der Waals surface area contributed by atoms with Crippen LogP contribution in [-0.2, 0) is 21.2 Å². The Bertz CT molecular complexity index is 1150. The third-order valence-corrected chi connectivity index (χ3v) is 7.53. The maximum atomic E-state index is 14.7. The molecule has 2 N–H and O–H groups in total. The summed E-state index contributed by atoms with van der Waals surface area (Å²) in [6.07, 6.45) is 0.538. The summed E-state index contributed by atoms with van der Waals surface area (Å²) >= 11 is 0. The second-order valence-electron chi connectivity index (χ2n) is 8.32. The van der Waals surface area contributed by atoms with Crippen molar-refractivity contribution >= 4 is 27.3 Å². The van der Waals surface area contributed by atoms with E-state index in [1.165, 1.54) is 18.2 Å². The molecule has 32 heavy (non-hydrogen) atoms. The fraction of sp³-hybridized carbons (Fsp3) is 0.409. The first kappa shape index (κ1) is 22.6. The molecule has 0 aliphatic carbocycles. The van der Waals surface area contributed by atoms with Crippen molar-refractivity contribution in [2.75, 3.05) is 43.4 Å². The smallest absolute Gasteiger partial charge is 0.244 e. The molecule has 172 valence electrons. The molecule has 2 heterocycles. The Balaban J connectivity index is 1.62. The minimum absolute atomic E-state index is 0.208. The van der Waals surface area contributed by atoms with Gasteiger partial charge in [0.2, 0.25) is 15.9 Å². The van der Waals surface area contributed by atoms with Crippen molar-refractivity contribution in [1.82, 2.24) is 9.62 Å². The molecule has 0 aromatic heterocycles. The molecule has 1 atom stereocenters. The number of aryl methyl sites for hydroxylation is 1. The SMILES string of the molecule is CC(NS(=O)(=O)c1cc2c(cc1F)NC(=O)CC2)c1cc(F)ccc1N1CCN(C)CC1. The van der Waals surface area contributed by atoms with E-state index in [0.717, 1.165) is 37.9 Å². The number of anilines is 2. The Labute approximate surface area is 186 Å². The van der Waals surface area contributed by atoms with Crippen LogP contribution in [0.15, 0.2) is 35.2 Å². The summed E-state index contributed by atoms with van der Waals surface area (Å²) in [5.41, 5.74) is 2.09. The summed E-state index contributed by atoms with van der Waals surface area (Å²) in [6.45, 7) is 4.77. The Kier molecular flexibility index (Phi) is 6.19. The summed E-state index contributed by atoms with van der Waals surface area (Å²) in [7, 11) is -2.22. The molecule has 0 saturated carbocycles. The van der Waals surface area contributed by atoms with Gasteiger partial charge in [-0.05, 0) is 61.9 Å². The second kappa shape index (κ2) is 8.76. The van der Waals surface area contributed by atoms with E-state index in [0.29, 0.717) is 17.5 Å². The van der Waals surface area contributed by atoms with E-state index in [4.69, 9.17) is 0 Å². The predicted octanol–water partition coefficient (Wildman–Crippen LogP) is 2.64. The van der Waals surface area contributed by atoms with E-state index < -0.39 is 32.6 Å². The number of piperazine rings is 1. The number of sulfonamides is 1. The van der Waals surface area contributed by atoms with E-state index in [-0.39, 0.29) is 18.0 Å². The highest BCUT2D eigenvalue weighted by Crippen LogP contribution is 2.32. The molecule has 7 nitrogen and oxygen atoms in total. The number of fused-ring (bicyclic) bond motifs is 1. The number of likely N-dealkylation sites (N-methyl/N-ethyl adjacent to an activating group) is 1. The minimum Gasteiger partial charge on any atom is -0.369 e. The van der Waals surface area contributed by atoms with E-state index in [9.17, 15) is 22.0 Å². The molecular formula is C22H26F2N4O3S. The number of nitrogens with one attached hydrogen (secondary N) is 2.